The van der Waals surface area contributed by atoms with Gasteiger partial charge < -0.3 is 15.8 Å². The van der Waals surface area contributed by atoms with Crippen molar-refractivity contribution in [3.8, 4) is 5.75 Å². The number of benzene rings is 3. The minimum absolute atomic E-state index is 0.117. The van der Waals surface area contributed by atoms with E-state index < -0.39 is 5.91 Å². The molecule has 3 aromatic rings. The Kier molecular flexibility index (Phi) is 4.77. The number of allylic oxidation sites excluding steroid dienone is 1. The molecule has 0 saturated carbocycles. The normalized spacial score (nSPS) is 19.2. The van der Waals surface area contributed by atoms with E-state index in [2.05, 4.69) is 43.4 Å². The van der Waals surface area contributed by atoms with Crippen molar-refractivity contribution in [2.75, 3.05) is 11.9 Å². The maximum atomic E-state index is 13.5. The van der Waals surface area contributed by atoms with Crippen LogP contribution in [0.4, 0.5) is 5.69 Å². The Morgan fingerprint density at radius 2 is 1.81 bits per heavy atom. The third-order valence-corrected chi connectivity index (χ3v) is 6.34. The monoisotopic (exact) mass is 426 g/mol. The van der Waals surface area contributed by atoms with Gasteiger partial charge in [0.15, 0.2) is 12.4 Å². The molecule has 0 radical (unpaired) electrons. The molecule has 3 N–H and O–H groups in total. The summed E-state index contributed by atoms with van der Waals surface area (Å²) in [5, 5.41) is 5.91. The first-order valence-corrected chi connectivity index (χ1v) is 10.9. The number of amides is 1. The van der Waals surface area contributed by atoms with Crippen molar-refractivity contribution in [3.05, 3.63) is 77.4 Å². The summed E-state index contributed by atoms with van der Waals surface area (Å²) in [5.41, 5.74) is 10.0. The van der Waals surface area contributed by atoms with Gasteiger partial charge in [0.25, 0.3) is 5.91 Å². The summed E-state index contributed by atoms with van der Waals surface area (Å²) < 4.78 is 5.72. The molecule has 5 nitrogen and oxygen atoms in total. The second kappa shape index (κ2) is 7.52. The summed E-state index contributed by atoms with van der Waals surface area (Å²) in [4.78, 5) is 24.9. The lowest BCUT2D eigenvalue weighted by molar-refractivity contribution is -0.120. The highest BCUT2D eigenvalue weighted by Crippen LogP contribution is 2.52. The second-order valence-electron chi connectivity index (χ2n) is 9.41. The average Bonchev–Trinajstić information content (AvgIpc) is 2.76. The molecule has 5 heteroatoms. The number of carbonyl (C=O) groups excluding carboxylic acids is 2. The second-order valence-corrected chi connectivity index (χ2v) is 9.41. The number of anilines is 1. The first kappa shape index (κ1) is 20.3. The number of para-hydroxylation sites is 1. The van der Waals surface area contributed by atoms with Crippen LogP contribution in [0.2, 0.25) is 0 Å². The van der Waals surface area contributed by atoms with Crippen LogP contribution >= 0.6 is 0 Å². The number of nitrogens with two attached hydrogens (primary N) is 1. The Morgan fingerprint density at radius 1 is 1.06 bits per heavy atom. The quantitative estimate of drug-likeness (QED) is 0.614. The molecule has 1 heterocycles. The fourth-order valence-electron chi connectivity index (χ4n) is 5.07. The largest absolute Gasteiger partial charge is 0.483 e. The molecule has 1 atom stereocenters. The molecule has 1 aliphatic carbocycles. The highest BCUT2D eigenvalue weighted by Gasteiger charge is 2.41. The number of ketones is 1. The van der Waals surface area contributed by atoms with Gasteiger partial charge in [-0.05, 0) is 40.3 Å². The SMILES string of the molecule is CC1(C)CC(=O)C2=C(C1)c1c(ccc3ccccc13)NC2c1ccccc1OCC(N)=O. The van der Waals surface area contributed by atoms with E-state index in [1.165, 1.54) is 0 Å². The third-order valence-electron chi connectivity index (χ3n) is 6.34. The Morgan fingerprint density at radius 3 is 2.62 bits per heavy atom. The highest BCUT2D eigenvalue weighted by molar-refractivity contribution is 6.13. The number of fused-ring (bicyclic) bond motifs is 4. The molecule has 0 aromatic heterocycles. The maximum absolute atomic E-state index is 13.5. The Bertz CT molecular complexity index is 1290. The Labute approximate surface area is 187 Å². The number of primary amides is 1. The predicted molar refractivity (Wildman–Crippen MR) is 126 cm³/mol. The number of rotatable bonds is 4. The fourth-order valence-corrected chi connectivity index (χ4v) is 5.07. The fraction of sp³-hybridized carbons (Fsp3) is 0.259. The minimum Gasteiger partial charge on any atom is -0.483 e. The minimum atomic E-state index is -0.538. The molecule has 0 saturated heterocycles. The van der Waals surface area contributed by atoms with Crippen LogP contribution in [-0.2, 0) is 9.59 Å². The number of carbonyl (C=O) groups is 2. The van der Waals surface area contributed by atoms with E-state index in [1.54, 1.807) is 0 Å². The lowest BCUT2D eigenvalue weighted by Crippen LogP contribution is -2.33. The van der Waals surface area contributed by atoms with Gasteiger partial charge in [-0.2, -0.15) is 0 Å². The Hall–Kier alpha value is -3.60. The molecule has 5 rings (SSSR count). The third kappa shape index (κ3) is 3.44. The van der Waals surface area contributed by atoms with Gasteiger partial charge in [0, 0.05) is 28.8 Å². The number of nitrogens with one attached hydrogen (secondary N) is 1. The van der Waals surface area contributed by atoms with Crippen molar-refractivity contribution in [3.63, 3.8) is 0 Å². The van der Waals surface area contributed by atoms with Gasteiger partial charge in [-0.1, -0.05) is 62.4 Å². The molecule has 1 amide bonds. The summed E-state index contributed by atoms with van der Waals surface area (Å²) in [6.45, 7) is 4.10. The summed E-state index contributed by atoms with van der Waals surface area (Å²) >= 11 is 0. The first-order valence-electron chi connectivity index (χ1n) is 10.9. The van der Waals surface area contributed by atoms with E-state index in [1.807, 2.05) is 36.4 Å². The van der Waals surface area contributed by atoms with E-state index in [0.717, 1.165) is 45.2 Å². The van der Waals surface area contributed by atoms with Gasteiger partial charge in [0.1, 0.15) is 5.75 Å². The van der Waals surface area contributed by atoms with Gasteiger partial charge in [-0.3, -0.25) is 9.59 Å². The lowest BCUT2D eigenvalue weighted by atomic mass is 9.68. The molecule has 1 aliphatic heterocycles. The van der Waals surface area contributed by atoms with Crippen LogP contribution in [0.1, 0.15) is 43.9 Å². The van der Waals surface area contributed by atoms with Crippen LogP contribution in [-0.4, -0.2) is 18.3 Å². The van der Waals surface area contributed by atoms with Crippen LogP contribution in [0.3, 0.4) is 0 Å². The average molecular weight is 427 g/mol. The van der Waals surface area contributed by atoms with Crippen molar-refractivity contribution in [1.82, 2.24) is 0 Å². The molecular weight excluding hydrogens is 400 g/mol. The molecule has 0 fully saturated rings. The van der Waals surface area contributed by atoms with Gasteiger partial charge in [-0.15, -0.1) is 0 Å². The van der Waals surface area contributed by atoms with Crippen LogP contribution in [0.15, 0.2) is 66.2 Å². The van der Waals surface area contributed by atoms with Crippen molar-refractivity contribution in [2.24, 2.45) is 11.1 Å². The predicted octanol–water partition coefficient (Wildman–Crippen LogP) is 5.01. The van der Waals surface area contributed by atoms with Crippen molar-refractivity contribution in [2.45, 2.75) is 32.7 Å². The van der Waals surface area contributed by atoms with Crippen molar-refractivity contribution in [1.29, 1.82) is 0 Å². The summed E-state index contributed by atoms with van der Waals surface area (Å²) in [5.74, 6) is 0.165. The molecule has 162 valence electrons. The molecule has 0 spiro atoms. The van der Waals surface area contributed by atoms with E-state index in [-0.39, 0.29) is 23.8 Å². The van der Waals surface area contributed by atoms with Gasteiger partial charge in [-0.25, -0.2) is 0 Å². The van der Waals surface area contributed by atoms with Crippen molar-refractivity contribution < 1.29 is 14.3 Å². The van der Waals surface area contributed by atoms with Crippen LogP contribution in [0.5, 0.6) is 5.75 Å². The van der Waals surface area contributed by atoms with Crippen molar-refractivity contribution >= 4 is 33.7 Å². The molecule has 1 unspecified atom stereocenters. The zero-order chi connectivity index (χ0) is 22.5. The zero-order valence-electron chi connectivity index (χ0n) is 18.3. The molecule has 0 bridgehead atoms. The number of hydrogen-bond acceptors (Lipinski definition) is 4. The topological polar surface area (TPSA) is 81.4 Å². The smallest absolute Gasteiger partial charge is 0.255 e. The lowest BCUT2D eigenvalue weighted by Gasteiger charge is -2.40. The van der Waals surface area contributed by atoms with Gasteiger partial charge in [0.05, 0.1) is 6.04 Å². The Balaban J connectivity index is 1.73. The van der Waals surface area contributed by atoms with E-state index in [0.29, 0.717) is 12.2 Å². The van der Waals surface area contributed by atoms with E-state index in [4.69, 9.17) is 10.5 Å². The molecule has 2 aliphatic rings. The number of hydrogen-bond donors (Lipinski definition) is 2. The molecule has 32 heavy (non-hydrogen) atoms. The molecule has 3 aromatic carbocycles. The van der Waals surface area contributed by atoms with E-state index >= 15 is 0 Å². The standard InChI is InChI=1S/C27H26N2O3/c1-27(2)13-19-24-17-8-4-3-7-16(17)11-12-20(24)29-26(25(19)21(30)14-27)18-9-5-6-10-22(18)32-15-23(28)31/h3-12,26,29H,13-15H2,1-2H3,(H2,28,31). The van der Waals surface area contributed by atoms with Gasteiger partial charge in [0.2, 0.25) is 0 Å². The van der Waals surface area contributed by atoms with Crippen LogP contribution < -0.4 is 15.8 Å². The summed E-state index contributed by atoms with van der Waals surface area (Å²) in [6, 6.07) is 19.7. The molecular formula is C27H26N2O3. The summed E-state index contributed by atoms with van der Waals surface area (Å²) in [6.07, 6.45) is 1.31. The highest BCUT2D eigenvalue weighted by atomic mass is 16.5. The van der Waals surface area contributed by atoms with Crippen LogP contribution in [0.25, 0.3) is 16.3 Å². The van der Waals surface area contributed by atoms with E-state index in [9.17, 15) is 9.59 Å². The zero-order valence-corrected chi connectivity index (χ0v) is 18.3. The number of Topliss-reactive ketones (excluding diaryl/α,β-unsaturated/α-hetero) is 1. The maximum Gasteiger partial charge on any atom is 0.255 e. The summed E-state index contributed by atoms with van der Waals surface area (Å²) in [7, 11) is 0. The first-order chi connectivity index (χ1) is 15.3. The number of ether oxygens (including phenoxy) is 1. The van der Waals surface area contributed by atoms with Crippen LogP contribution in [0, 0.1) is 5.41 Å². The van der Waals surface area contributed by atoms with Gasteiger partial charge >= 0.3 is 0 Å².